The number of nitrogens with one attached hydrogen (secondary N) is 1. The first-order chi connectivity index (χ1) is 12.6. The normalized spacial score (nSPS) is 21.6. The van der Waals surface area contributed by atoms with Crippen LogP contribution in [0.4, 0.5) is 0 Å². The van der Waals surface area contributed by atoms with Gasteiger partial charge in [0.2, 0.25) is 0 Å². The minimum atomic E-state index is 0.0252. The number of thiophene rings is 1. The summed E-state index contributed by atoms with van der Waals surface area (Å²) in [4.78, 5) is 22.2. The predicted molar refractivity (Wildman–Crippen MR) is 109 cm³/mol. The number of piperidine rings is 1. The molecular weight excluding hydrogens is 364 g/mol. The summed E-state index contributed by atoms with van der Waals surface area (Å²) in [5.74, 6) is 1.65. The quantitative estimate of drug-likeness (QED) is 0.645. The van der Waals surface area contributed by atoms with Gasteiger partial charge in [0.1, 0.15) is 4.83 Å². The molecule has 3 aromatic rings. The number of imidazole rings is 1. The maximum atomic E-state index is 12.4. The first-order valence-corrected chi connectivity index (χ1v) is 11.2. The van der Waals surface area contributed by atoms with Gasteiger partial charge in [0.05, 0.1) is 10.4 Å². The Bertz CT molecular complexity index is 886. The summed E-state index contributed by atoms with van der Waals surface area (Å²) in [6.45, 7) is 9.05. The maximum absolute atomic E-state index is 12.4. The van der Waals surface area contributed by atoms with E-state index in [2.05, 4.69) is 29.0 Å². The van der Waals surface area contributed by atoms with E-state index < -0.39 is 0 Å². The molecule has 0 radical (unpaired) electrons. The molecule has 0 spiro atoms. The Morgan fingerprint density at radius 1 is 1.31 bits per heavy atom. The zero-order valence-corrected chi connectivity index (χ0v) is 17.0. The molecule has 1 amide bonds. The molecule has 140 valence electrons. The Hall–Kier alpha value is -1.44. The first kappa shape index (κ1) is 17.9. The van der Waals surface area contributed by atoms with Gasteiger partial charge in [-0.1, -0.05) is 13.8 Å². The number of carbonyl (C=O) groups excluding carboxylic acids is 1. The summed E-state index contributed by atoms with van der Waals surface area (Å²) >= 11 is 3.09. The van der Waals surface area contributed by atoms with Crippen LogP contribution in [0.15, 0.2) is 17.6 Å². The Kier molecular flexibility index (Phi) is 5.29. The van der Waals surface area contributed by atoms with Crippen molar-refractivity contribution in [2.24, 2.45) is 11.8 Å². The van der Waals surface area contributed by atoms with E-state index in [0.717, 1.165) is 58.0 Å². The van der Waals surface area contributed by atoms with Gasteiger partial charge >= 0.3 is 0 Å². The zero-order chi connectivity index (χ0) is 18.1. The number of unbranched alkanes of at least 4 members (excludes halogenated alkanes) is 1. The smallest absolute Gasteiger partial charge is 0.261 e. The lowest BCUT2D eigenvalue weighted by Gasteiger charge is -2.34. The van der Waals surface area contributed by atoms with Gasteiger partial charge in [-0.2, -0.15) is 0 Å². The molecule has 26 heavy (non-hydrogen) atoms. The second kappa shape index (κ2) is 7.66. The second-order valence-electron chi connectivity index (χ2n) is 7.64. The molecule has 0 aliphatic carbocycles. The van der Waals surface area contributed by atoms with Crippen LogP contribution in [0.1, 0.15) is 42.8 Å². The third-order valence-corrected chi connectivity index (χ3v) is 6.87. The van der Waals surface area contributed by atoms with E-state index in [-0.39, 0.29) is 5.91 Å². The van der Waals surface area contributed by atoms with E-state index in [1.165, 1.54) is 30.8 Å². The van der Waals surface area contributed by atoms with E-state index in [1.807, 2.05) is 22.0 Å². The summed E-state index contributed by atoms with van der Waals surface area (Å²) in [7, 11) is 0. The number of rotatable bonds is 6. The van der Waals surface area contributed by atoms with Crippen molar-refractivity contribution in [3.8, 4) is 0 Å². The van der Waals surface area contributed by atoms with Crippen molar-refractivity contribution in [2.45, 2.75) is 33.1 Å². The van der Waals surface area contributed by atoms with Crippen molar-refractivity contribution in [1.82, 2.24) is 19.6 Å². The summed E-state index contributed by atoms with van der Waals surface area (Å²) in [6.07, 6.45) is 5.54. The lowest BCUT2D eigenvalue weighted by atomic mass is 9.92. The molecule has 4 rings (SSSR count). The third kappa shape index (κ3) is 3.80. The highest BCUT2D eigenvalue weighted by Crippen LogP contribution is 2.28. The molecule has 1 saturated heterocycles. The SMILES string of the molecule is CC1CC(C)CN(CCCCNC(=O)c2cc3c(nc4sccn43)s2)C1. The van der Waals surface area contributed by atoms with E-state index in [0.29, 0.717) is 0 Å². The molecular formula is C19H26N4OS2. The number of hydrogen-bond donors (Lipinski definition) is 1. The monoisotopic (exact) mass is 390 g/mol. The fraction of sp³-hybridized carbons (Fsp3) is 0.579. The molecule has 0 bridgehead atoms. The van der Waals surface area contributed by atoms with Crippen LogP contribution in [-0.4, -0.2) is 46.4 Å². The number of thiazole rings is 1. The molecule has 2 atom stereocenters. The molecule has 4 heterocycles. The summed E-state index contributed by atoms with van der Waals surface area (Å²) in [5.41, 5.74) is 1.03. The van der Waals surface area contributed by atoms with E-state index in [1.54, 1.807) is 11.3 Å². The van der Waals surface area contributed by atoms with E-state index in [9.17, 15) is 4.79 Å². The molecule has 1 fully saturated rings. The molecule has 0 saturated carbocycles. The van der Waals surface area contributed by atoms with Gasteiger partial charge in [-0.15, -0.1) is 22.7 Å². The van der Waals surface area contributed by atoms with Crippen LogP contribution < -0.4 is 5.32 Å². The summed E-state index contributed by atoms with van der Waals surface area (Å²) < 4.78 is 2.05. The molecule has 1 N–H and O–H groups in total. The molecule has 2 unspecified atom stereocenters. The van der Waals surface area contributed by atoms with Crippen LogP contribution in [0.25, 0.3) is 15.3 Å². The number of fused-ring (bicyclic) bond motifs is 3. The van der Waals surface area contributed by atoms with Crippen LogP contribution in [0, 0.1) is 11.8 Å². The lowest BCUT2D eigenvalue weighted by molar-refractivity contribution is 0.0955. The van der Waals surface area contributed by atoms with Crippen LogP contribution in [0.5, 0.6) is 0 Å². The van der Waals surface area contributed by atoms with Crippen LogP contribution in [-0.2, 0) is 0 Å². The van der Waals surface area contributed by atoms with Gasteiger partial charge in [0, 0.05) is 31.2 Å². The Balaban J connectivity index is 1.23. The molecule has 1 aliphatic heterocycles. The Labute approximate surface area is 162 Å². The van der Waals surface area contributed by atoms with E-state index >= 15 is 0 Å². The van der Waals surface area contributed by atoms with Gasteiger partial charge in [0.15, 0.2) is 4.96 Å². The number of carbonyl (C=O) groups is 1. The van der Waals surface area contributed by atoms with Crippen molar-refractivity contribution in [3.05, 3.63) is 22.5 Å². The number of nitrogens with zero attached hydrogens (tertiary/aromatic N) is 3. The Morgan fingerprint density at radius 2 is 2.12 bits per heavy atom. The fourth-order valence-corrected chi connectivity index (χ4v) is 5.80. The van der Waals surface area contributed by atoms with Crippen LogP contribution >= 0.6 is 22.7 Å². The van der Waals surface area contributed by atoms with E-state index in [4.69, 9.17) is 0 Å². The second-order valence-corrected chi connectivity index (χ2v) is 9.54. The number of likely N-dealkylation sites (tertiary alicyclic amines) is 1. The topological polar surface area (TPSA) is 49.6 Å². The maximum Gasteiger partial charge on any atom is 0.261 e. The third-order valence-electron chi connectivity index (χ3n) is 5.09. The van der Waals surface area contributed by atoms with Crippen molar-refractivity contribution in [2.75, 3.05) is 26.2 Å². The van der Waals surface area contributed by atoms with Crippen molar-refractivity contribution in [3.63, 3.8) is 0 Å². The van der Waals surface area contributed by atoms with Gasteiger partial charge in [-0.3, -0.25) is 9.20 Å². The minimum Gasteiger partial charge on any atom is -0.351 e. The lowest BCUT2D eigenvalue weighted by Crippen LogP contribution is -2.39. The number of hydrogen-bond acceptors (Lipinski definition) is 5. The summed E-state index contributed by atoms with van der Waals surface area (Å²) in [5, 5.41) is 5.08. The molecule has 0 aromatic carbocycles. The highest BCUT2D eigenvalue weighted by molar-refractivity contribution is 7.21. The summed E-state index contributed by atoms with van der Waals surface area (Å²) in [6, 6.07) is 1.96. The average Bonchev–Trinajstić information content (AvgIpc) is 3.25. The minimum absolute atomic E-state index is 0.0252. The Morgan fingerprint density at radius 3 is 2.92 bits per heavy atom. The first-order valence-electron chi connectivity index (χ1n) is 9.46. The average molecular weight is 391 g/mol. The van der Waals surface area contributed by atoms with Gasteiger partial charge < -0.3 is 10.2 Å². The predicted octanol–water partition coefficient (Wildman–Crippen LogP) is 4.10. The highest BCUT2D eigenvalue weighted by atomic mass is 32.1. The zero-order valence-electron chi connectivity index (χ0n) is 15.4. The van der Waals surface area contributed by atoms with Crippen molar-refractivity contribution < 1.29 is 4.79 Å². The molecule has 5 nitrogen and oxygen atoms in total. The number of aromatic nitrogens is 2. The molecule has 7 heteroatoms. The molecule has 3 aromatic heterocycles. The van der Waals surface area contributed by atoms with Crippen LogP contribution in [0.3, 0.4) is 0 Å². The van der Waals surface area contributed by atoms with Crippen molar-refractivity contribution >= 4 is 43.9 Å². The van der Waals surface area contributed by atoms with Crippen LogP contribution in [0.2, 0.25) is 0 Å². The number of amides is 1. The van der Waals surface area contributed by atoms with Crippen molar-refractivity contribution in [1.29, 1.82) is 0 Å². The highest BCUT2D eigenvalue weighted by Gasteiger charge is 2.21. The fourth-order valence-electron chi connectivity index (χ4n) is 4.08. The molecule has 1 aliphatic rings. The standard InChI is InChI=1S/C19H26N4OS2/c1-13-9-14(2)12-22(11-13)6-4-3-5-20-17(24)16-10-15-18(26-16)21-19-23(15)7-8-25-19/h7-8,10,13-14H,3-6,9,11-12H2,1-2H3,(H,20,24). The largest absolute Gasteiger partial charge is 0.351 e. The van der Waals surface area contributed by atoms with Gasteiger partial charge in [-0.25, -0.2) is 4.98 Å². The van der Waals surface area contributed by atoms with Gasteiger partial charge in [0.25, 0.3) is 5.91 Å². The van der Waals surface area contributed by atoms with Gasteiger partial charge in [-0.05, 0) is 43.7 Å².